The summed E-state index contributed by atoms with van der Waals surface area (Å²) in [6.45, 7) is 4.30. The molecule has 3 heteroatoms. The molecule has 0 aromatic carbocycles. The third-order valence-corrected chi connectivity index (χ3v) is 3.21. The summed E-state index contributed by atoms with van der Waals surface area (Å²) in [5.41, 5.74) is 3.44. The van der Waals surface area contributed by atoms with Gasteiger partial charge >= 0.3 is 0 Å². The molecule has 0 saturated heterocycles. The van der Waals surface area contributed by atoms with Gasteiger partial charge in [-0.3, -0.25) is 4.98 Å². The smallest absolute Gasteiger partial charge is 0.147 e. The first-order chi connectivity index (χ1) is 8.27. The molecule has 1 aliphatic carbocycles. The van der Waals surface area contributed by atoms with Crippen LogP contribution in [0.3, 0.4) is 0 Å². The van der Waals surface area contributed by atoms with Crippen molar-refractivity contribution in [2.24, 2.45) is 0 Å². The zero-order valence-electron chi connectivity index (χ0n) is 10.2. The SMILES string of the molecule is CC(C)c1noc(C2CC2)c1-c1ccncc1. The van der Waals surface area contributed by atoms with Crippen LogP contribution in [-0.2, 0) is 0 Å². The van der Waals surface area contributed by atoms with E-state index < -0.39 is 0 Å². The highest BCUT2D eigenvalue weighted by atomic mass is 16.5. The molecule has 1 aliphatic rings. The van der Waals surface area contributed by atoms with Crippen LogP contribution in [-0.4, -0.2) is 10.1 Å². The van der Waals surface area contributed by atoms with Gasteiger partial charge in [-0.15, -0.1) is 0 Å². The standard InChI is InChI=1S/C14H16N2O/c1-9(2)13-12(10-5-7-15-8-6-10)14(17-16-13)11-3-4-11/h5-9,11H,3-4H2,1-2H3. The van der Waals surface area contributed by atoms with Crippen molar-refractivity contribution in [1.82, 2.24) is 10.1 Å². The Morgan fingerprint density at radius 2 is 1.94 bits per heavy atom. The van der Waals surface area contributed by atoms with Crippen molar-refractivity contribution in [3.8, 4) is 11.1 Å². The first-order valence-corrected chi connectivity index (χ1v) is 6.17. The maximum Gasteiger partial charge on any atom is 0.147 e. The summed E-state index contributed by atoms with van der Waals surface area (Å²) < 4.78 is 5.57. The van der Waals surface area contributed by atoms with Crippen molar-refractivity contribution >= 4 is 0 Å². The van der Waals surface area contributed by atoms with E-state index in [0.29, 0.717) is 11.8 Å². The maximum absolute atomic E-state index is 5.57. The van der Waals surface area contributed by atoms with Gasteiger partial charge < -0.3 is 4.52 Å². The quantitative estimate of drug-likeness (QED) is 0.803. The first-order valence-electron chi connectivity index (χ1n) is 6.17. The third kappa shape index (κ3) is 1.86. The summed E-state index contributed by atoms with van der Waals surface area (Å²) in [7, 11) is 0. The van der Waals surface area contributed by atoms with Gasteiger partial charge in [-0.2, -0.15) is 0 Å². The summed E-state index contributed by atoms with van der Waals surface area (Å²) in [6.07, 6.45) is 6.10. The molecule has 17 heavy (non-hydrogen) atoms. The molecule has 0 aliphatic heterocycles. The van der Waals surface area contributed by atoms with Crippen molar-refractivity contribution in [3.05, 3.63) is 36.0 Å². The highest BCUT2D eigenvalue weighted by Gasteiger charge is 2.33. The minimum Gasteiger partial charge on any atom is -0.360 e. The van der Waals surface area contributed by atoms with Crippen molar-refractivity contribution < 1.29 is 4.52 Å². The van der Waals surface area contributed by atoms with Crippen molar-refractivity contribution in [2.45, 2.75) is 38.5 Å². The Morgan fingerprint density at radius 1 is 1.24 bits per heavy atom. The van der Waals surface area contributed by atoms with Gasteiger partial charge in [-0.05, 0) is 36.5 Å². The van der Waals surface area contributed by atoms with Crippen LogP contribution in [0.1, 0.15) is 50.0 Å². The molecular formula is C14H16N2O. The van der Waals surface area contributed by atoms with E-state index in [9.17, 15) is 0 Å². The highest BCUT2D eigenvalue weighted by Crippen LogP contribution is 2.46. The Labute approximate surface area is 101 Å². The monoisotopic (exact) mass is 228 g/mol. The molecule has 0 spiro atoms. The molecular weight excluding hydrogens is 212 g/mol. The predicted molar refractivity (Wildman–Crippen MR) is 65.8 cm³/mol. The third-order valence-electron chi connectivity index (χ3n) is 3.21. The lowest BCUT2D eigenvalue weighted by molar-refractivity contribution is 0.376. The lowest BCUT2D eigenvalue weighted by Gasteiger charge is -2.05. The van der Waals surface area contributed by atoms with Crippen molar-refractivity contribution in [1.29, 1.82) is 0 Å². The average Bonchev–Trinajstić information content (AvgIpc) is 3.08. The van der Waals surface area contributed by atoms with E-state index in [1.54, 1.807) is 0 Å². The van der Waals surface area contributed by atoms with Crippen LogP contribution in [0, 0.1) is 0 Å². The zero-order chi connectivity index (χ0) is 11.8. The predicted octanol–water partition coefficient (Wildman–Crippen LogP) is 3.74. The fourth-order valence-electron chi connectivity index (χ4n) is 2.14. The van der Waals surface area contributed by atoms with Crippen molar-refractivity contribution in [3.63, 3.8) is 0 Å². The summed E-state index contributed by atoms with van der Waals surface area (Å²) in [5.74, 6) is 2.03. The summed E-state index contributed by atoms with van der Waals surface area (Å²) in [5, 5.41) is 4.26. The fraction of sp³-hybridized carbons (Fsp3) is 0.429. The highest BCUT2D eigenvalue weighted by molar-refractivity contribution is 5.69. The fourth-order valence-corrected chi connectivity index (χ4v) is 2.14. The Hall–Kier alpha value is -1.64. The van der Waals surface area contributed by atoms with E-state index in [-0.39, 0.29) is 0 Å². The number of pyridine rings is 1. The van der Waals surface area contributed by atoms with Gasteiger partial charge in [0.1, 0.15) is 5.76 Å². The number of nitrogens with zero attached hydrogens (tertiary/aromatic N) is 2. The number of hydrogen-bond donors (Lipinski definition) is 0. The first kappa shape index (κ1) is 10.5. The molecule has 0 atom stereocenters. The molecule has 0 amide bonds. The van der Waals surface area contributed by atoms with Gasteiger partial charge in [0, 0.05) is 23.9 Å². The minimum atomic E-state index is 0.384. The molecule has 2 aromatic rings. The van der Waals surface area contributed by atoms with Gasteiger partial charge in [0.25, 0.3) is 0 Å². The topological polar surface area (TPSA) is 38.9 Å². The Morgan fingerprint density at radius 3 is 2.53 bits per heavy atom. The van der Waals surface area contributed by atoms with Crippen LogP contribution in [0.25, 0.3) is 11.1 Å². The van der Waals surface area contributed by atoms with E-state index in [2.05, 4.69) is 24.0 Å². The molecule has 0 N–H and O–H groups in total. The van der Waals surface area contributed by atoms with Crippen LogP contribution in [0.5, 0.6) is 0 Å². The summed E-state index contributed by atoms with van der Waals surface area (Å²) in [4.78, 5) is 4.07. The maximum atomic E-state index is 5.57. The van der Waals surface area contributed by atoms with Gasteiger partial charge in [0.05, 0.1) is 5.69 Å². The molecule has 0 bridgehead atoms. The minimum absolute atomic E-state index is 0.384. The second-order valence-electron chi connectivity index (χ2n) is 4.97. The number of aromatic nitrogens is 2. The van der Waals surface area contributed by atoms with Crippen LogP contribution in [0.2, 0.25) is 0 Å². The lowest BCUT2D eigenvalue weighted by Crippen LogP contribution is -1.92. The van der Waals surface area contributed by atoms with E-state index in [1.807, 2.05) is 24.5 Å². The number of rotatable bonds is 3. The van der Waals surface area contributed by atoms with Crippen LogP contribution in [0.4, 0.5) is 0 Å². The van der Waals surface area contributed by atoms with Crippen molar-refractivity contribution in [2.75, 3.05) is 0 Å². The molecule has 0 radical (unpaired) electrons. The van der Waals surface area contributed by atoms with E-state index in [4.69, 9.17) is 4.52 Å². The summed E-state index contributed by atoms with van der Waals surface area (Å²) >= 11 is 0. The average molecular weight is 228 g/mol. The van der Waals surface area contributed by atoms with Crippen LogP contribution >= 0.6 is 0 Å². The lowest BCUT2D eigenvalue weighted by atomic mass is 9.97. The number of hydrogen-bond acceptors (Lipinski definition) is 3. The second-order valence-corrected chi connectivity index (χ2v) is 4.97. The summed E-state index contributed by atoms with van der Waals surface area (Å²) in [6, 6.07) is 4.06. The molecule has 88 valence electrons. The van der Waals surface area contributed by atoms with Gasteiger partial charge in [-0.25, -0.2) is 0 Å². The molecule has 2 heterocycles. The van der Waals surface area contributed by atoms with Gasteiger partial charge in [0.15, 0.2) is 0 Å². The Balaban J connectivity index is 2.14. The normalized spacial score (nSPS) is 15.5. The van der Waals surface area contributed by atoms with Gasteiger partial charge in [0.2, 0.25) is 0 Å². The molecule has 1 saturated carbocycles. The van der Waals surface area contributed by atoms with E-state index in [1.165, 1.54) is 24.0 Å². The zero-order valence-corrected chi connectivity index (χ0v) is 10.2. The largest absolute Gasteiger partial charge is 0.360 e. The molecule has 1 fully saturated rings. The molecule has 0 unspecified atom stereocenters. The Bertz CT molecular complexity index is 493. The molecule has 3 rings (SSSR count). The Kier molecular flexibility index (Phi) is 2.46. The molecule has 2 aromatic heterocycles. The van der Waals surface area contributed by atoms with Crippen LogP contribution in [0.15, 0.2) is 29.0 Å². The van der Waals surface area contributed by atoms with E-state index in [0.717, 1.165) is 11.5 Å². The van der Waals surface area contributed by atoms with E-state index >= 15 is 0 Å². The molecule has 3 nitrogen and oxygen atoms in total. The second kappa shape index (κ2) is 3.99. The van der Waals surface area contributed by atoms with Crippen LogP contribution < -0.4 is 0 Å². The van der Waals surface area contributed by atoms with Gasteiger partial charge in [-0.1, -0.05) is 19.0 Å².